The van der Waals surface area contributed by atoms with Crippen molar-refractivity contribution in [2.24, 2.45) is 0 Å². The largest absolute Gasteiger partial charge is 0.444 e. The molecule has 16 heavy (non-hydrogen) atoms. The van der Waals surface area contributed by atoms with Crippen LogP contribution in [0.2, 0.25) is 0 Å². The highest BCUT2D eigenvalue weighted by atomic mass is 32.2. The lowest BCUT2D eigenvalue weighted by atomic mass is 10.2. The van der Waals surface area contributed by atoms with Crippen molar-refractivity contribution in [1.82, 2.24) is 9.21 Å². The Balaban J connectivity index is 2.42. The van der Waals surface area contributed by atoms with Crippen LogP contribution in [0, 0.1) is 0 Å². The van der Waals surface area contributed by atoms with Gasteiger partial charge in [-0.1, -0.05) is 0 Å². The zero-order valence-electron chi connectivity index (χ0n) is 10.4. The number of nitrogens with zero attached hydrogens (tertiary/aromatic N) is 2. The molecule has 1 atom stereocenters. The van der Waals surface area contributed by atoms with Crippen LogP contribution in [0.4, 0.5) is 4.79 Å². The first-order chi connectivity index (χ1) is 7.29. The molecule has 0 aromatic heterocycles. The van der Waals surface area contributed by atoms with Gasteiger partial charge in [0.1, 0.15) is 5.60 Å². The number of piperazine rings is 1. The summed E-state index contributed by atoms with van der Waals surface area (Å²) in [7, 11) is -0.945. The van der Waals surface area contributed by atoms with Crippen molar-refractivity contribution in [3.63, 3.8) is 0 Å². The van der Waals surface area contributed by atoms with E-state index in [1.807, 2.05) is 25.1 Å². The number of hydrogen-bond acceptors (Lipinski definition) is 3. The monoisotopic (exact) mass is 248 g/mol. The highest BCUT2D eigenvalue weighted by Crippen LogP contribution is 2.12. The minimum atomic E-state index is -0.945. The number of carbonyl (C=O) groups excluding carboxylic acids is 1. The first kappa shape index (κ1) is 13.4. The van der Waals surface area contributed by atoms with Crippen molar-refractivity contribution in [1.29, 1.82) is 0 Å². The van der Waals surface area contributed by atoms with Crippen LogP contribution in [-0.4, -0.2) is 57.5 Å². The molecular formula is C10H20N2O3S. The van der Waals surface area contributed by atoms with Crippen LogP contribution in [0.3, 0.4) is 0 Å². The molecule has 94 valence electrons. The SMILES string of the molecule is CS(=O)N1CCN(C(=O)OC(C)(C)C)CC1. The average Bonchev–Trinajstić information content (AvgIpc) is 2.15. The Kier molecular flexibility index (Phi) is 4.32. The number of ether oxygens (including phenoxy) is 1. The standard InChI is InChI=1S/C10H20N2O3S/c1-10(2,3)15-9(13)11-5-7-12(8-6-11)16(4)14/h5-8H2,1-4H3. The Labute approximate surface area is 99.3 Å². The van der Waals surface area contributed by atoms with E-state index in [1.54, 1.807) is 11.2 Å². The van der Waals surface area contributed by atoms with E-state index in [4.69, 9.17) is 4.74 Å². The second kappa shape index (κ2) is 5.14. The van der Waals surface area contributed by atoms with E-state index in [9.17, 15) is 9.00 Å². The summed E-state index contributed by atoms with van der Waals surface area (Å²) in [6.45, 7) is 7.99. The zero-order chi connectivity index (χ0) is 12.3. The van der Waals surface area contributed by atoms with Gasteiger partial charge in [0.25, 0.3) is 0 Å². The maximum atomic E-state index is 11.7. The lowest BCUT2D eigenvalue weighted by Gasteiger charge is -2.34. The molecule has 5 nitrogen and oxygen atoms in total. The van der Waals surface area contributed by atoms with Crippen LogP contribution in [0.15, 0.2) is 0 Å². The highest BCUT2D eigenvalue weighted by Gasteiger charge is 2.26. The van der Waals surface area contributed by atoms with Gasteiger partial charge >= 0.3 is 6.09 Å². The van der Waals surface area contributed by atoms with Crippen molar-refractivity contribution in [3.8, 4) is 0 Å². The molecule has 0 radical (unpaired) electrons. The summed E-state index contributed by atoms with van der Waals surface area (Å²) in [6, 6.07) is 0. The average molecular weight is 248 g/mol. The van der Waals surface area contributed by atoms with E-state index in [0.29, 0.717) is 26.2 Å². The maximum Gasteiger partial charge on any atom is 0.410 e. The lowest BCUT2D eigenvalue weighted by Crippen LogP contribution is -2.50. The van der Waals surface area contributed by atoms with Gasteiger partial charge in [-0.15, -0.1) is 0 Å². The van der Waals surface area contributed by atoms with Crippen molar-refractivity contribution >= 4 is 17.1 Å². The minimum Gasteiger partial charge on any atom is -0.444 e. The maximum absolute atomic E-state index is 11.7. The van der Waals surface area contributed by atoms with Gasteiger partial charge in [0, 0.05) is 32.4 Å². The molecular weight excluding hydrogens is 228 g/mol. The van der Waals surface area contributed by atoms with Crippen LogP contribution in [0.25, 0.3) is 0 Å². The van der Waals surface area contributed by atoms with Gasteiger partial charge in [-0.2, -0.15) is 0 Å². The Morgan fingerprint density at radius 1 is 1.19 bits per heavy atom. The number of hydrogen-bond donors (Lipinski definition) is 0. The van der Waals surface area contributed by atoms with Gasteiger partial charge in [0.2, 0.25) is 0 Å². The second-order valence-corrected chi connectivity index (χ2v) is 6.18. The molecule has 1 aliphatic heterocycles. The van der Waals surface area contributed by atoms with E-state index < -0.39 is 16.6 Å². The summed E-state index contributed by atoms with van der Waals surface area (Å²) >= 11 is 0. The van der Waals surface area contributed by atoms with Gasteiger partial charge < -0.3 is 9.64 Å². The summed E-state index contributed by atoms with van der Waals surface area (Å²) < 4.78 is 18.3. The van der Waals surface area contributed by atoms with Gasteiger partial charge in [-0.25, -0.2) is 13.3 Å². The Hall–Kier alpha value is -0.620. The molecule has 0 spiro atoms. The smallest absolute Gasteiger partial charge is 0.410 e. The molecule has 0 aliphatic carbocycles. The van der Waals surface area contributed by atoms with E-state index in [-0.39, 0.29) is 6.09 Å². The number of rotatable bonds is 1. The number of amides is 1. The van der Waals surface area contributed by atoms with Crippen LogP contribution in [-0.2, 0) is 15.7 Å². The predicted octanol–water partition coefficient (Wildman–Crippen LogP) is 0.833. The fourth-order valence-corrected chi connectivity index (χ4v) is 2.13. The molecule has 0 aromatic rings. The lowest BCUT2D eigenvalue weighted by molar-refractivity contribution is 0.0195. The molecule has 1 aliphatic rings. The second-order valence-electron chi connectivity index (χ2n) is 4.82. The van der Waals surface area contributed by atoms with E-state index in [0.717, 1.165) is 0 Å². The number of carbonyl (C=O) groups is 1. The molecule has 6 heteroatoms. The van der Waals surface area contributed by atoms with Crippen LogP contribution in [0.1, 0.15) is 20.8 Å². The minimum absolute atomic E-state index is 0.283. The zero-order valence-corrected chi connectivity index (χ0v) is 11.2. The molecule has 0 bridgehead atoms. The Morgan fingerprint density at radius 3 is 2.06 bits per heavy atom. The molecule has 0 N–H and O–H groups in total. The summed E-state index contributed by atoms with van der Waals surface area (Å²) in [5.74, 6) is 0. The molecule has 1 unspecified atom stereocenters. The summed E-state index contributed by atoms with van der Waals surface area (Å²) in [6.07, 6.45) is 1.37. The van der Waals surface area contributed by atoms with Crippen molar-refractivity contribution < 1.29 is 13.7 Å². The van der Waals surface area contributed by atoms with Crippen molar-refractivity contribution in [2.75, 3.05) is 32.4 Å². The van der Waals surface area contributed by atoms with Gasteiger partial charge in [0.15, 0.2) is 0 Å². The van der Waals surface area contributed by atoms with E-state index in [2.05, 4.69) is 0 Å². The van der Waals surface area contributed by atoms with Crippen LogP contribution < -0.4 is 0 Å². The molecule has 1 amide bonds. The fraction of sp³-hybridized carbons (Fsp3) is 0.900. The molecule has 1 rings (SSSR count). The van der Waals surface area contributed by atoms with Crippen molar-refractivity contribution in [2.45, 2.75) is 26.4 Å². The van der Waals surface area contributed by atoms with Gasteiger partial charge in [-0.3, -0.25) is 0 Å². The highest BCUT2D eigenvalue weighted by molar-refractivity contribution is 7.81. The molecule has 0 aromatic carbocycles. The van der Waals surface area contributed by atoms with Gasteiger partial charge in [0.05, 0.1) is 11.0 Å². The van der Waals surface area contributed by atoms with E-state index >= 15 is 0 Å². The Bertz CT molecular complexity index is 280. The first-order valence-electron chi connectivity index (χ1n) is 5.36. The molecule has 1 fully saturated rings. The summed E-state index contributed by atoms with van der Waals surface area (Å²) in [4.78, 5) is 13.4. The third-order valence-corrected chi connectivity index (χ3v) is 3.35. The predicted molar refractivity (Wildman–Crippen MR) is 63.4 cm³/mol. The van der Waals surface area contributed by atoms with Crippen LogP contribution >= 0.6 is 0 Å². The normalized spacial score (nSPS) is 20.6. The fourth-order valence-electron chi connectivity index (χ4n) is 1.45. The molecule has 1 saturated heterocycles. The van der Waals surface area contributed by atoms with Crippen molar-refractivity contribution in [3.05, 3.63) is 0 Å². The first-order valence-corrected chi connectivity index (χ1v) is 6.87. The van der Waals surface area contributed by atoms with Gasteiger partial charge in [-0.05, 0) is 20.8 Å². The molecule has 1 heterocycles. The topological polar surface area (TPSA) is 49.9 Å². The summed E-state index contributed by atoms with van der Waals surface area (Å²) in [5, 5.41) is 0. The molecule has 0 saturated carbocycles. The Morgan fingerprint density at radius 2 is 1.69 bits per heavy atom. The quantitative estimate of drug-likeness (QED) is 0.690. The van der Waals surface area contributed by atoms with E-state index in [1.165, 1.54) is 0 Å². The third-order valence-electron chi connectivity index (χ3n) is 2.25. The summed E-state index contributed by atoms with van der Waals surface area (Å²) in [5.41, 5.74) is -0.457. The third kappa shape index (κ3) is 4.09. The van der Waals surface area contributed by atoms with Crippen LogP contribution in [0.5, 0.6) is 0 Å².